The first kappa shape index (κ1) is 24.8. The minimum Gasteiger partial charge on any atom is -0.305 e. The third-order valence-corrected chi connectivity index (χ3v) is 7.38. The molecule has 188 valence electrons. The molecule has 1 spiro atoms. The van der Waals surface area contributed by atoms with Gasteiger partial charge in [0, 0.05) is 17.6 Å². The van der Waals surface area contributed by atoms with Gasteiger partial charge in [0.1, 0.15) is 5.54 Å². The monoisotopic (exact) mass is 481 g/mol. The van der Waals surface area contributed by atoms with Gasteiger partial charge in [-0.2, -0.15) is 5.21 Å². The van der Waals surface area contributed by atoms with Crippen LogP contribution in [0.1, 0.15) is 83.1 Å². The van der Waals surface area contributed by atoms with Crippen LogP contribution in [0.5, 0.6) is 0 Å². The fourth-order valence-corrected chi connectivity index (χ4v) is 5.30. The second kappa shape index (κ2) is 8.73. The van der Waals surface area contributed by atoms with Crippen molar-refractivity contribution in [2.24, 2.45) is 11.3 Å². The summed E-state index contributed by atoms with van der Waals surface area (Å²) in [4.78, 5) is 43.0. The quantitative estimate of drug-likeness (QED) is 0.636. The van der Waals surface area contributed by atoms with Crippen LogP contribution in [0.15, 0.2) is 24.3 Å². The van der Waals surface area contributed by atoms with Crippen molar-refractivity contribution in [2.45, 2.75) is 84.8 Å². The van der Waals surface area contributed by atoms with Crippen LogP contribution in [0.3, 0.4) is 0 Å². The van der Waals surface area contributed by atoms with E-state index in [4.69, 9.17) is 0 Å². The number of urea groups is 1. The van der Waals surface area contributed by atoms with Gasteiger partial charge >= 0.3 is 6.03 Å². The van der Waals surface area contributed by atoms with E-state index < -0.39 is 11.1 Å². The topological polar surface area (TPSA) is 124 Å². The molecule has 0 radical (unpaired) electrons. The van der Waals surface area contributed by atoms with E-state index in [1.165, 1.54) is 4.90 Å². The van der Waals surface area contributed by atoms with Crippen LogP contribution in [0.4, 0.5) is 10.7 Å². The van der Waals surface area contributed by atoms with Gasteiger partial charge < -0.3 is 4.90 Å². The molecule has 2 aromatic rings. The Kier molecular flexibility index (Phi) is 6.19. The van der Waals surface area contributed by atoms with E-state index in [1.54, 1.807) is 17.0 Å². The Labute approximate surface area is 205 Å². The van der Waals surface area contributed by atoms with Crippen molar-refractivity contribution >= 4 is 23.8 Å². The van der Waals surface area contributed by atoms with E-state index in [1.807, 2.05) is 32.9 Å². The summed E-state index contributed by atoms with van der Waals surface area (Å²) in [6, 6.07) is 6.78. The maximum atomic E-state index is 13.8. The molecule has 10 heteroatoms. The number of aromatic amines is 1. The Balaban J connectivity index is 1.57. The third-order valence-electron chi connectivity index (χ3n) is 7.38. The van der Waals surface area contributed by atoms with Crippen LogP contribution >= 0.6 is 0 Å². The van der Waals surface area contributed by atoms with E-state index in [-0.39, 0.29) is 29.2 Å². The molecule has 0 atom stereocenters. The average molecular weight is 482 g/mol. The van der Waals surface area contributed by atoms with Crippen LogP contribution in [0.25, 0.3) is 0 Å². The first-order chi connectivity index (χ1) is 16.3. The number of carbonyl (C=O) groups excluding carboxylic acids is 3. The molecule has 2 heterocycles. The van der Waals surface area contributed by atoms with Crippen molar-refractivity contribution in [1.29, 1.82) is 0 Å². The highest BCUT2D eigenvalue weighted by atomic mass is 16.2. The molecule has 1 aliphatic carbocycles. The molecule has 4 rings (SSSR count). The summed E-state index contributed by atoms with van der Waals surface area (Å²) >= 11 is 0. The minimum absolute atomic E-state index is 0.0848. The summed E-state index contributed by atoms with van der Waals surface area (Å²) in [6.45, 7) is 12.7. The van der Waals surface area contributed by atoms with Gasteiger partial charge in [0.05, 0.1) is 0 Å². The van der Waals surface area contributed by atoms with E-state index >= 15 is 0 Å². The van der Waals surface area contributed by atoms with Crippen molar-refractivity contribution in [3.05, 3.63) is 35.4 Å². The first-order valence-electron chi connectivity index (χ1n) is 12.1. The summed E-state index contributed by atoms with van der Waals surface area (Å²) in [5.74, 6) is 0.161. The molecule has 1 saturated heterocycles. The number of amides is 4. The summed E-state index contributed by atoms with van der Waals surface area (Å²) in [5.41, 5.74) is 0.0309. The molecule has 1 saturated carbocycles. The van der Waals surface area contributed by atoms with Gasteiger partial charge in [-0.05, 0) is 80.7 Å². The van der Waals surface area contributed by atoms with Crippen molar-refractivity contribution in [2.75, 3.05) is 5.32 Å². The van der Waals surface area contributed by atoms with Crippen LogP contribution in [-0.2, 0) is 11.3 Å². The highest BCUT2D eigenvalue weighted by Crippen LogP contribution is 2.48. The summed E-state index contributed by atoms with van der Waals surface area (Å²) in [6.07, 6.45) is 3.15. The van der Waals surface area contributed by atoms with Gasteiger partial charge in [-0.15, -0.1) is 5.10 Å². The van der Waals surface area contributed by atoms with Gasteiger partial charge in [0.15, 0.2) is 0 Å². The first-order valence-corrected chi connectivity index (χ1v) is 12.1. The molecule has 1 aromatic heterocycles. The predicted octanol–water partition coefficient (Wildman–Crippen LogP) is 3.99. The highest BCUT2D eigenvalue weighted by Gasteiger charge is 2.60. The van der Waals surface area contributed by atoms with Crippen LogP contribution in [0, 0.1) is 11.3 Å². The number of carbonyl (C=O) groups is 3. The van der Waals surface area contributed by atoms with Crippen LogP contribution in [-0.4, -0.2) is 59.3 Å². The molecular weight excluding hydrogens is 446 g/mol. The molecule has 2 fully saturated rings. The predicted molar refractivity (Wildman–Crippen MR) is 130 cm³/mol. The number of tetrazole rings is 1. The van der Waals surface area contributed by atoms with Crippen molar-refractivity contribution < 1.29 is 14.4 Å². The van der Waals surface area contributed by atoms with Gasteiger partial charge in [0.2, 0.25) is 0 Å². The maximum absolute atomic E-state index is 13.8. The van der Waals surface area contributed by atoms with Crippen molar-refractivity contribution in [3.8, 4) is 0 Å². The Morgan fingerprint density at radius 2 is 1.71 bits per heavy atom. The SMILES string of the molecule is CC(C)(C)C1CCC2(CC1)C(=O)N(C(C)(C)C)C(=O)N2Cc1ccc(C(=O)Nc2nn[nH]n2)cc1. The highest BCUT2D eigenvalue weighted by molar-refractivity contribution is 6.07. The Hall–Kier alpha value is -3.30. The average Bonchev–Trinajstić information content (AvgIpc) is 3.35. The molecule has 0 unspecified atom stereocenters. The molecule has 1 aromatic carbocycles. The lowest BCUT2D eigenvalue weighted by Gasteiger charge is -2.44. The lowest BCUT2D eigenvalue weighted by Crippen LogP contribution is -2.53. The molecule has 35 heavy (non-hydrogen) atoms. The fraction of sp³-hybridized carbons (Fsp3) is 0.600. The summed E-state index contributed by atoms with van der Waals surface area (Å²) in [7, 11) is 0. The number of hydrogen-bond acceptors (Lipinski definition) is 6. The number of nitrogens with zero attached hydrogens (tertiary/aromatic N) is 5. The lowest BCUT2D eigenvalue weighted by molar-refractivity contribution is -0.138. The van der Waals surface area contributed by atoms with Crippen molar-refractivity contribution in [3.63, 3.8) is 0 Å². The third kappa shape index (κ3) is 4.66. The summed E-state index contributed by atoms with van der Waals surface area (Å²) < 4.78 is 0. The zero-order chi connectivity index (χ0) is 25.6. The number of hydrogen-bond donors (Lipinski definition) is 2. The molecule has 4 amide bonds. The largest absolute Gasteiger partial charge is 0.328 e. The Morgan fingerprint density at radius 1 is 1.09 bits per heavy atom. The number of aromatic nitrogens is 4. The smallest absolute Gasteiger partial charge is 0.305 e. The van der Waals surface area contributed by atoms with Gasteiger partial charge in [-0.3, -0.25) is 19.8 Å². The Bertz CT molecular complexity index is 1090. The number of imide groups is 1. The normalized spacial score (nSPS) is 23.3. The van der Waals surface area contributed by atoms with E-state index in [9.17, 15) is 14.4 Å². The zero-order valence-corrected chi connectivity index (χ0v) is 21.4. The van der Waals surface area contributed by atoms with E-state index in [0.717, 1.165) is 18.4 Å². The molecule has 0 bridgehead atoms. The molecular formula is C25H35N7O3. The lowest BCUT2D eigenvalue weighted by atomic mass is 9.66. The van der Waals surface area contributed by atoms with E-state index in [2.05, 4.69) is 46.7 Å². The molecule has 1 aliphatic heterocycles. The summed E-state index contributed by atoms with van der Waals surface area (Å²) in [5, 5.41) is 15.7. The van der Waals surface area contributed by atoms with Gasteiger partial charge in [0.25, 0.3) is 17.8 Å². The van der Waals surface area contributed by atoms with E-state index in [0.29, 0.717) is 30.9 Å². The molecule has 2 aliphatic rings. The number of nitrogens with one attached hydrogen (secondary N) is 2. The van der Waals surface area contributed by atoms with Gasteiger partial charge in [-0.1, -0.05) is 38.0 Å². The van der Waals surface area contributed by atoms with Crippen LogP contribution < -0.4 is 5.32 Å². The van der Waals surface area contributed by atoms with Gasteiger partial charge in [-0.25, -0.2) is 4.79 Å². The molecule has 10 nitrogen and oxygen atoms in total. The zero-order valence-electron chi connectivity index (χ0n) is 21.4. The fourth-order valence-electron chi connectivity index (χ4n) is 5.30. The minimum atomic E-state index is -0.819. The number of benzene rings is 1. The standard InChI is InChI=1S/C25H35N7O3/c1-23(2,3)18-11-13-25(14-12-18)20(34)32(24(4,5)6)22(35)31(25)15-16-7-9-17(10-8-16)19(33)26-21-27-29-30-28-21/h7-10,18H,11-15H2,1-6H3,(H2,26,27,28,29,30,33). The van der Waals surface area contributed by atoms with Crippen LogP contribution in [0.2, 0.25) is 0 Å². The molecule has 2 N–H and O–H groups in total. The maximum Gasteiger partial charge on any atom is 0.328 e. The second-order valence-corrected chi connectivity index (χ2v) is 11.7. The number of H-pyrrole nitrogens is 1. The second-order valence-electron chi connectivity index (χ2n) is 11.7. The number of rotatable bonds is 4. The van der Waals surface area contributed by atoms with Crippen molar-refractivity contribution in [1.82, 2.24) is 30.4 Å². The Morgan fingerprint density at radius 3 is 2.23 bits per heavy atom. The number of anilines is 1.